The predicted molar refractivity (Wildman–Crippen MR) is 99.3 cm³/mol. The lowest BCUT2D eigenvalue weighted by Crippen LogP contribution is -2.46. The van der Waals surface area contributed by atoms with E-state index in [1.807, 2.05) is 4.90 Å². The molecule has 2 saturated heterocycles. The van der Waals surface area contributed by atoms with Crippen LogP contribution in [0.1, 0.15) is 33.6 Å². The first-order valence-corrected chi connectivity index (χ1v) is 8.92. The van der Waals surface area contributed by atoms with Gasteiger partial charge in [0.25, 0.3) is 5.91 Å². The number of halogens is 1. The van der Waals surface area contributed by atoms with Crippen molar-refractivity contribution in [1.82, 2.24) is 15.5 Å². The van der Waals surface area contributed by atoms with Gasteiger partial charge in [-0.3, -0.25) is 14.4 Å². The normalized spacial score (nSPS) is 20.2. The van der Waals surface area contributed by atoms with Crippen LogP contribution >= 0.6 is 0 Å². The number of piperidine rings is 1. The molecule has 1 atom stereocenters. The predicted octanol–water partition coefficient (Wildman–Crippen LogP) is 0.912. The minimum Gasteiger partial charge on any atom is -0.367 e. The topological polar surface area (TPSA) is 81.8 Å². The van der Waals surface area contributed by atoms with Gasteiger partial charge in [-0.15, -0.1) is 0 Å². The number of aldehydes is 1. The molecule has 0 saturated carbocycles. The van der Waals surface area contributed by atoms with Gasteiger partial charge in [-0.1, -0.05) is 6.58 Å². The minimum atomic E-state index is -0.532. The van der Waals surface area contributed by atoms with Crippen molar-refractivity contribution in [2.24, 2.45) is 0 Å². The summed E-state index contributed by atoms with van der Waals surface area (Å²) in [6.45, 7) is 6.52. The molecule has 2 fully saturated rings. The molecular weight excluding hydrogens is 351 g/mol. The van der Waals surface area contributed by atoms with Crippen molar-refractivity contribution in [3.63, 3.8) is 0 Å². The number of carbonyl (C=O) groups is 3. The molecule has 2 heterocycles. The summed E-state index contributed by atoms with van der Waals surface area (Å²) in [6.07, 6.45) is 1.28. The van der Waals surface area contributed by atoms with Gasteiger partial charge in [-0.25, -0.2) is 4.39 Å². The molecule has 0 bridgehead atoms. The highest BCUT2D eigenvalue weighted by molar-refractivity contribution is 6.02. The van der Waals surface area contributed by atoms with Crippen molar-refractivity contribution < 1.29 is 18.8 Å². The van der Waals surface area contributed by atoms with Gasteiger partial charge >= 0.3 is 0 Å². The Hall–Kier alpha value is -2.74. The number of benzene rings is 1. The van der Waals surface area contributed by atoms with Gasteiger partial charge in [0, 0.05) is 50.9 Å². The third kappa shape index (κ3) is 3.85. The third-order valence-corrected chi connectivity index (χ3v) is 5.07. The van der Waals surface area contributed by atoms with Crippen LogP contribution in [0.2, 0.25) is 0 Å². The number of hydrogen-bond acceptors (Lipinski definition) is 5. The lowest BCUT2D eigenvalue weighted by atomic mass is 9.99. The number of anilines is 1. The molecule has 2 amide bonds. The number of nitrogens with zero attached hydrogens (tertiary/aromatic N) is 2. The summed E-state index contributed by atoms with van der Waals surface area (Å²) in [4.78, 5) is 39.2. The maximum Gasteiger partial charge on any atom is 0.254 e. The van der Waals surface area contributed by atoms with Crippen LogP contribution in [-0.2, 0) is 4.79 Å². The molecule has 7 nitrogen and oxygen atoms in total. The van der Waals surface area contributed by atoms with E-state index < -0.39 is 17.8 Å². The lowest BCUT2D eigenvalue weighted by molar-refractivity contribution is -0.121. The Morgan fingerprint density at radius 3 is 2.70 bits per heavy atom. The van der Waals surface area contributed by atoms with Gasteiger partial charge in [0.2, 0.25) is 5.91 Å². The van der Waals surface area contributed by atoms with Crippen LogP contribution in [0, 0.1) is 5.82 Å². The van der Waals surface area contributed by atoms with Crippen molar-refractivity contribution in [3.05, 3.63) is 41.4 Å². The van der Waals surface area contributed by atoms with Crippen LogP contribution in [0.4, 0.5) is 10.1 Å². The Kier molecular flexibility index (Phi) is 5.55. The molecule has 0 radical (unpaired) electrons. The Bertz CT molecular complexity index is 789. The highest BCUT2D eigenvalue weighted by atomic mass is 19.1. The molecule has 27 heavy (non-hydrogen) atoms. The van der Waals surface area contributed by atoms with Gasteiger partial charge < -0.3 is 20.4 Å². The number of piperazine rings is 1. The number of hydrogen-bond donors (Lipinski definition) is 2. The molecule has 1 aromatic rings. The van der Waals surface area contributed by atoms with Crippen molar-refractivity contribution in [2.45, 2.75) is 18.9 Å². The lowest BCUT2D eigenvalue weighted by Gasteiger charge is -2.33. The minimum absolute atomic E-state index is 0.00795. The summed E-state index contributed by atoms with van der Waals surface area (Å²) < 4.78 is 14.7. The molecule has 2 aliphatic rings. The fourth-order valence-electron chi connectivity index (χ4n) is 3.53. The molecule has 3 rings (SSSR count). The summed E-state index contributed by atoms with van der Waals surface area (Å²) in [6, 6.07) is 2.17. The molecule has 0 aromatic heterocycles. The fraction of sp³-hybridized carbons (Fsp3) is 0.421. The first-order valence-electron chi connectivity index (χ1n) is 8.92. The standard InChI is InChI=1S/C19H23FN4O3/c1-12-16(3-4-18(26)22-12)23(2)19(27)14-10-15(20)17(9-13(14)11-25)24-7-5-21-6-8-24/h9-11,16,21H,1,3-8H2,2H3,(H,22,26). The van der Waals surface area contributed by atoms with Crippen molar-refractivity contribution in [3.8, 4) is 0 Å². The number of nitrogens with one attached hydrogen (secondary N) is 2. The second-order valence-electron chi connectivity index (χ2n) is 6.79. The molecule has 1 unspecified atom stereocenters. The van der Waals surface area contributed by atoms with Gasteiger partial charge in [0.1, 0.15) is 5.82 Å². The molecular formula is C19H23FN4O3. The Labute approximate surface area is 157 Å². The number of carbonyl (C=O) groups excluding carboxylic acids is 3. The monoisotopic (exact) mass is 374 g/mol. The molecule has 8 heteroatoms. The number of amides is 2. The Balaban J connectivity index is 1.87. The van der Waals surface area contributed by atoms with Gasteiger partial charge in [-0.05, 0) is 18.6 Å². The zero-order chi connectivity index (χ0) is 19.6. The van der Waals surface area contributed by atoms with Crippen LogP contribution in [0.15, 0.2) is 24.4 Å². The summed E-state index contributed by atoms with van der Waals surface area (Å²) in [5.41, 5.74) is 0.903. The first-order chi connectivity index (χ1) is 12.9. The highest BCUT2D eigenvalue weighted by Crippen LogP contribution is 2.26. The number of rotatable bonds is 4. The van der Waals surface area contributed by atoms with E-state index in [1.165, 1.54) is 11.0 Å². The van der Waals surface area contributed by atoms with Crippen LogP contribution < -0.4 is 15.5 Å². The second kappa shape index (κ2) is 7.87. The van der Waals surface area contributed by atoms with E-state index in [2.05, 4.69) is 17.2 Å². The van der Waals surface area contributed by atoms with Gasteiger partial charge in [0.05, 0.1) is 17.3 Å². The zero-order valence-corrected chi connectivity index (χ0v) is 15.3. The zero-order valence-electron chi connectivity index (χ0n) is 15.3. The summed E-state index contributed by atoms with van der Waals surface area (Å²) in [7, 11) is 1.56. The fourth-order valence-corrected chi connectivity index (χ4v) is 3.53. The summed E-state index contributed by atoms with van der Waals surface area (Å²) in [5, 5.41) is 5.81. The third-order valence-electron chi connectivity index (χ3n) is 5.07. The maximum absolute atomic E-state index is 14.7. The molecule has 0 aliphatic carbocycles. The quantitative estimate of drug-likeness (QED) is 0.766. The SMILES string of the molecule is C=C1NC(=O)CCC1N(C)C(=O)c1cc(F)c(N2CCNCC2)cc1C=O. The molecule has 2 N–H and O–H groups in total. The van der Waals surface area contributed by atoms with E-state index in [1.54, 1.807) is 7.05 Å². The van der Waals surface area contributed by atoms with Gasteiger partial charge in [-0.2, -0.15) is 0 Å². The maximum atomic E-state index is 14.7. The van der Waals surface area contributed by atoms with E-state index in [4.69, 9.17) is 0 Å². The molecule has 1 aromatic carbocycles. The van der Waals surface area contributed by atoms with Crippen molar-refractivity contribution in [2.75, 3.05) is 38.1 Å². The van der Waals surface area contributed by atoms with E-state index >= 15 is 0 Å². The van der Waals surface area contributed by atoms with E-state index in [0.29, 0.717) is 37.2 Å². The van der Waals surface area contributed by atoms with Gasteiger partial charge in [0.15, 0.2) is 6.29 Å². The Morgan fingerprint density at radius 1 is 1.37 bits per heavy atom. The molecule has 144 valence electrons. The van der Waals surface area contributed by atoms with Crippen LogP contribution in [0.25, 0.3) is 0 Å². The summed E-state index contributed by atoms with van der Waals surface area (Å²) in [5.74, 6) is -1.16. The number of likely N-dealkylation sites (N-methyl/N-ethyl adjacent to an activating group) is 1. The van der Waals surface area contributed by atoms with E-state index in [9.17, 15) is 18.8 Å². The first kappa shape index (κ1) is 19.0. The average Bonchev–Trinajstić information content (AvgIpc) is 2.67. The van der Waals surface area contributed by atoms with E-state index in [0.717, 1.165) is 19.2 Å². The molecule has 0 spiro atoms. The van der Waals surface area contributed by atoms with Crippen molar-refractivity contribution >= 4 is 23.8 Å². The van der Waals surface area contributed by atoms with Crippen LogP contribution in [-0.4, -0.2) is 62.3 Å². The highest BCUT2D eigenvalue weighted by Gasteiger charge is 2.30. The average molecular weight is 374 g/mol. The molecule has 2 aliphatic heterocycles. The second-order valence-corrected chi connectivity index (χ2v) is 6.79. The van der Waals surface area contributed by atoms with Crippen LogP contribution in [0.3, 0.4) is 0 Å². The smallest absolute Gasteiger partial charge is 0.254 e. The largest absolute Gasteiger partial charge is 0.367 e. The van der Waals surface area contributed by atoms with E-state index in [-0.39, 0.29) is 23.5 Å². The van der Waals surface area contributed by atoms with Crippen molar-refractivity contribution in [1.29, 1.82) is 0 Å². The summed E-state index contributed by atoms with van der Waals surface area (Å²) >= 11 is 0. The van der Waals surface area contributed by atoms with Crippen LogP contribution in [0.5, 0.6) is 0 Å². The Morgan fingerprint density at radius 2 is 2.07 bits per heavy atom.